The lowest BCUT2D eigenvalue weighted by Crippen LogP contribution is -2.40. The van der Waals surface area contributed by atoms with Gasteiger partial charge in [0.15, 0.2) is 0 Å². The van der Waals surface area contributed by atoms with Crippen LogP contribution in [0.1, 0.15) is 53.4 Å². The van der Waals surface area contributed by atoms with Crippen molar-refractivity contribution >= 4 is 0 Å². The molecule has 0 aromatic heterocycles. The second-order valence-corrected chi connectivity index (χ2v) is 5.84. The molecule has 0 amide bonds. The maximum absolute atomic E-state index is 10.5. The predicted octanol–water partition coefficient (Wildman–Crippen LogP) is 3.61. The SMILES string of the molecule is C=C[C@]1(C)CC[C@@H]([C@](C)(O)CCC=C(C)C)O1. The number of ether oxygens (including phenoxy) is 1. The van der Waals surface area contributed by atoms with Crippen LogP contribution in [0, 0.1) is 0 Å². The van der Waals surface area contributed by atoms with E-state index in [1.165, 1.54) is 5.57 Å². The highest BCUT2D eigenvalue weighted by Gasteiger charge is 2.42. The zero-order chi connectivity index (χ0) is 13.1. The fourth-order valence-corrected chi connectivity index (χ4v) is 2.26. The Bertz CT molecular complexity index is 300. The summed E-state index contributed by atoms with van der Waals surface area (Å²) < 4.78 is 5.93. The largest absolute Gasteiger partial charge is 0.387 e. The minimum Gasteiger partial charge on any atom is -0.387 e. The molecule has 1 aliphatic heterocycles. The summed E-state index contributed by atoms with van der Waals surface area (Å²) in [4.78, 5) is 0. The molecule has 0 spiro atoms. The van der Waals surface area contributed by atoms with Crippen LogP contribution in [0.4, 0.5) is 0 Å². The van der Waals surface area contributed by atoms with Crippen LogP contribution in [0.2, 0.25) is 0 Å². The first-order valence-corrected chi connectivity index (χ1v) is 6.46. The third-order valence-corrected chi connectivity index (χ3v) is 3.64. The lowest BCUT2D eigenvalue weighted by molar-refractivity contribution is -0.112. The van der Waals surface area contributed by atoms with Gasteiger partial charge in [0.25, 0.3) is 0 Å². The molecule has 2 nitrogen and oxygen atoms in total. The van der Waals surface area contributed by atoms with Gasteiger partial charge in [-0.2, -0.15) is 0 Å². The van der Waals surface area contributed by atoms with Gasteiger partial charge in [-0.25, -0.2) is 0 Å². The number of aliphatic hydroxyl groups is 1. The molecule has 1 N–H and O–H groups in total. The van der Waals surface area contributed by atoms with Crippen LogP contribution in [-0.4, -0.2) is 22.4 Å². The van der Waals surface area contributed by atoms with Crippen molar-refractivity contribution < 1.29 is 9.84 Å². The van der Waals surface area contributed by atoms with Crippen molar-refractivity contribution in [3.63, 3.8) is 0 Å². The molecule has 3 atom stereocenters. The Morgan fingerprint density at radius 2 is 2.24 bits per heavy atom. The van der Waals surface area contributed by atoms with Crippen LogP contribution in [-0.2, 0) is 4.74 Å². The smallest absolute Gasteiger partial charge is 0.0883 e. The second kappa shape index (κ2) is 5.36. The molecule has 0 aromatic rings. The summed E-state index contributed by atoms with van der Waals surface area (Å²) in [5, 5.41) is 10.5. The fourth-order valence-electron chi connectivity index (χ4n) is 2.26. The number of hydrogen-bond acceptors (Lipinski definition) is 2. The van der Waals surface area contributed by atoms with Crippen molar-refractivity contribution in [3.05, 3.63) is 24.3 Å². The van der Waals surface area contributed by atoms with Gasteiger partial charge in [-0.05, 0) is 53.4 Å². The van der Waals surface area contributed by atoms with Gasteiger partial charge in [0.05, 0.1) is 17.3 Å². The number of rotatable bonds is 5. The second-order valence-electron chi connectivity index (χ2n) is 5.84. The van der Waals surface area contributed by atoms with Gasteiger partial charge >= 0.3 is 0 Å². The summed E-state index contributed by atoms with van der Waals surface area (Å²) in [7, 11) is 0. The topological polar surface area (TPSA) is 29.5 Å². The minimum atomic E-state index is -0.743. The van der Waals surface area contributed by atoms with E-state index in [0.717, 1.165) is 25.7 Å². The number of allylic oxidation sites excluding steroid dienone is 2. The maximum Gasteiger partial charge on any atom is 0.0883 e. The van der Waals surface area contributed by atoms with Crippen molar-refractivity contribution in [2.45, 2.75) is 70.7 Å². The van der Waals surface area contributed by atoms with Crippen LogP contribution < -0.4 is 0 Å². The molecule has 0 aliphatic carbocycles. The molecule has 98 valence electrons. The summed E-state index contributed by atoms with van der Waals surface area (Å²) in [6, 6.07) is 0. The van der Waals surface area contributed by atoms with Gasteiger partial charge in [0.2, 0.25) is 0 Å². The first-order valence-electron chi connectivity index (χ1n) is 6.46. The first kappa shape index (κ1) is 14.5. The Labute approximate surface area is 105 Å². The molecular weight excluding hydrogens is 212 g/mol. The van der Waals surface area contributed by atoms with Gasteiger partial charge in [-0.3, -0.25) is 0 Å². The van der Waals surface area contributed by atoms with Gasteiger partial charge in [0, 0.05) is 0 Å². The maximum atomic E-state index is 10.5. The molecule has 0 saturated carbocycles. The quantitative estimate of drug-likeness (QED) is 0.741. The van der Waals surface area contributed by atoms with E-state index >= 15 is 0 Å². The summed E-state index contributed by atoms with van der Waals surface area (Å²) in [6.07, 6.45) is 7.44. The van der Waals surface area contributed by atoms with Crippen LogP contribution >= 0.6 is 0 Å². The highest BCUT2D eigenvalue weighted by atomic mass is 16.5. The lowest BCUT2D eigenvalue weighted by Gasteiger charge is -2.31. The third-order valence-electron chi connectivity index (χ3n) is 3.64. The molecule has 1 aliphatic rings. The van der Waals surface area contributed by atoms with E-state index in [4.69, 9.17) is 4.74 Å². The first-order chi connectivity index (χ1) is 7.79. The molecule has 1 saturated heterocycles. The lowest BCUT2D eigenvalue weighted by atomic mass is 9.90. The van der Waals surface area contributed by atoms with E-state index in [1.54, 1.807) is 0 Å². The molecule has 1 fully saturated rings. The molecular formula is C15H26O2. The molecule has 0 aromatic carbocycles. The van der Waals surface area contributed by atoms with Crippen LogP contribution in [0.3, 0.4) is 0 Å². The molecule has 0 unspecified atom stereocenters. The highest BCUT2D eigenvalue weighted by molar-refractivity contribution is 5.03. The summed E-state index contributed by atoms with van der Waals surface area (Å²) in [5.74, 6) is 0. The third kappa shape index (κ3) is 3.97. The highest BCUT2D eigenvalue weighted by Crippen LogP contribution is 2.37. The van der Waals surface area contributed by atoms with Gasteiger partial charge in [0.1, 0.15) is 0 Å². The summed E-state index contributed by atoms with van der Waals surface area (Å²) in [6.45, 7) is 11.9. The average molecular weight is 238 g/mol. The Morgan fingerprint density at radius 3 is 2.71 bits per heavy atom. The summed E-state index contributed by atoms with van der Waals surface area (Å²) in [5.41, 5.74) is 0.293. The van der Waals surface area contributed by atoms with Gasteiger partial charge in [-0.1, -0.05) is 17.7 Å². The Hall–Kier alpha value is -0.600. The molecule has 1 heterocycles. The van der Waals surface area contributed by atoms with Crippen molar-refractivity contribution in [1.82, 2.24) is 0 Å². The van der Waals surface area contributed by atoms with E-state index in [-0.39, 0.29) is 11.7 Å². The monoisotopic (exact) mass is 238 g/mol. The van der Waals surface area contributed by atoms with Crippen molar-refractivity contribution in [2.75, 3.05) is 0 Å². The van der Waals surface area contributed by atoms with Crippen LogP contribution in [0.15, 0.2) is 24.3 Å². The standard InChI is InChI=1S/C15H26O2/c1-6-14(4)11-9-13(17-14)15(5,16)10-7-8-12(2)3/h6,8,13,16H,1,7,9-11H2,2-5H3/t13-,14+,15+/m0/s1. The Morgan fingerprint density at radius 1 is 1.59 bits per heavy atom. The molecule has 17 heavy (non-hydrogen) atoms. The van der Waals surface area contributed by atoms with Crippen molar-refractivity contribution in [1.29, 1.82) is 0 Å². The summed E-state index contributed by atoms with van der Waals surface area (Å²) >= 11 is 0. The van der Waals surface area contributed by atoms with Crippen LogP contribution in [0.5, 0.6) is 0 Å². The van der Waals surface area contributed by atoms with E-state index in [0.29, 0.717) is 0 Å². The zero-order valence-corrected chi connectivity index (χ0v) is 11.6. The normalized spacial score (nSPS) is 31.9. The zero-order valence-electron chi connectivity index (χ0n) is 11.6. The predicted molar refractivity (Wildman–Crippen MR) is 72.0 cm³/mol. The van der Waals surface area contributed by atoms with Gasteiger partial charge in [-0.15, -0.1) is 6.58 Å². The van der Waals surface area contributed by atoms with Crippen molar-refractivity contribution in [2.24, 2.45) is 0 Å². The number of hydrogen-bond donors (Lipinski definition) is 1. The Balaban J connectivity index is 2.54. The van der Waals surface area contributed by atoms with Gasteiger partial charge < -0.3 is 9.84 Å². The van der Waals surface area contributed by atoms with Crippen LogP contribution in [0.25, 0.3) is 0 Å². The van der Waals surface area contributed by atoms with E-state index in [9.17, 15) is 5.11 Å². The average Bonchev–Trinajstić information content (AvgIpc) is 2.62. The van der Waals surface area contributed by atoms with E-state index in [1.807, 2.05) is 19.9 Å². The van der Waals surface area contributed by atoms with E-state index < -0.39 is 5.60 Å². The fraction of sp³-hybridized carbons (Fsp3) is 0.733. The Kier molecular flexibility index (Phi) is 4.56. The molecule has 0 bridgehead atoms. The molecule has 1 rings (SSSR count). The molecule has 2 heteroatoms. The van der Waals surface area contributed by atoms with E-state index in [2.05, 4.69) is 26.5 Å². The van der Waals surface area contributed by atoms with Crippen molar-refractivity contribution in [3.8, 4) is 0 Å². The molecule has 0 radical (unpaired) electrons. The minimum absolute atomic E-state index is 0.0731.